The molecule has 0 saturated heterocycles. The zero-order valence-electron chi connectivity index (χ0n) is 16.8. The summed E-state index contributed by atoms with van der Waals surface area (Å²) in [6.45, 7) is 0. The summed E-state index contributed by atoms with van der Waals surface area (Å²) in [4.78, 5) is 30.2. The average Bonchev–Trinajstić information content (AvgIpc) is 2.81. The van der Waals surface area contributed by atoms with Crippen LogP contribution in [0.5, 0.6) is 0 Å². The summed E-state index contributed by atoms with van der Waals surface area (Å²) >= 11 is 16.6. The highest BCUT2D eigenvalue weighted by atomic mass is 79.9. The third kappa shape index (κ3) is 5.47. The second-order valence-corrected chi connectivity index (χ2v) is 9.40. The minimum atomic E-state index is -0.362. The Morgan fingerprint density at radius 3 is 2.64 bits per heavy atom. The molecule has 0 atom stereocenters. The number of aromatic nitrogens is 2. The van der Waals surface area contributed by atoms with Crippen molar-refractivity contribution in [3.05, 3.63) is 97.2 Å². The first kappa shape index (κ1) is 23.5. The Labute approximate surface area is 211 Å². The Kier molecular flexibility index (Phi) is 7.49. The van der Waals surface area contributed by atoms with Gasteiger partial charge in [0.25, 0.3) is 11.5 Å². The molecule has 6 nitrogen and oxygen atoms in total. The van der Waals surface area contributed by atoms with Gasteiger partial charge < -0.3 is 0 Å². The number of hydrogen-bond donors (Lipinski definition) is 1. The van der Waals surface area contributed by atoms with Gasteiger partial charge in [0, 0.05) is 10.0 Å². The largest absolute Gasteiger partial charge is 0.272 e. The number of nitrogens with zero attached hydrogens (tertiary/aromatic N) is 3. The lowest BCUT2D eigenvalue weighted by Gasteiger charge is -2.13. The highest BCUT2D eigenvalue weighted by molar-refractivity contribution is 9.10. The standard InChI is InChI=1S/C23H15BrCl2N4O2S/c24-15-8-10-16(11-9-15)30-22(32)17-5-1-2-7-19(17)28-23(30)33-13-20(31)29-27-12-14-4-3-6-18(25)21(14)26/h1-12H,13H2,(H,29,31)/b27-12-. The molecule has 10 heteroatoms. The molecule has 3 aromatic carbocycles. The van der Waals surface area contributed by atoms with Crippen LogP contribution in [-0.2, 0) is 4.79 Å². The summed E-state index contributed by atoms with van der Waals surface area (Å²) in [6.07, 6.45) is 1.42. The molecule has 33 heavy (non-hydrogen) atoms. The maximum atomic E-state index is 13.2. The number of fused-ring (bicyclic) bond motifs is 1. The molecule has 1 N–H and O–H groups in total. The van der Waals surface area contributed by atoms with E-state index in [-0.39, 0.29) is 17.2 Å². The van der Waals surface area contributed by atoms with E-state index in [1.807, 2.05) is 30.3 Å². The number of nitrogens with one attached hydrogen (secondary N) is 1. The third-order valence-corrected chi connectivity index (χ3v) is 6.84. The van der Waals surface area contributed by atoms with Gasteiger partial charge in [0.2, 0.25) is 0 Å². The van der Waals surface area contributed by atoms with E-state index in [9.17, 15) is 9.59 Å². The van der Waals surface area contributed by atoms with Crippen LogP contribution in [0.2, 0.25) is 10.0 Å². The van der Waals surface area contributed by atoms with Crippen LogP contribution in [0.3, 0.4) is 0 Å². The van der Waals surface area contributed by atoms with Crippen LogP contribution in [0, 0.1) is 0 Å². The van der Waals surface area contributed by atoms with Gasteiger partial charge in [-0.1, -0.05) is 75.2 Å². The number of hydrogen-bond acceptors (Lipinski definition) is 5. The molecule has 1 amide bonds. The first-order chi connectivity index (χ1) is 15.9. The smallest absolute Gasteiger partial charge is 0.266 e. The molecular weight excluding hydrogens is 547 g/mol. The molecule has 0 aliphatic carbocycles. The monoisotopic (exact) mass is 560 g/mol. The van der Waals surface area contributed by atoms with Crippen LogP contribution in [-0.4, -0.2) is 27.4 Å². The predicted octanol–water partition coefficient (Wildman–Crippen LogP) is 5.70. The molecule has 0 bridgehead atoms. The lowest BCUT2D eigenvalue weighted by Crippen LogP contribution is -2.24. The summed E-state index contributed by atoms with van der Waals surface area (Å²) in [5.74, 6) is -0.360. The van der Waals surface area contributed by atoms with Crippen molar-refractivity contribution in [3.63, 3.8) is 0 Å². The van der Waals surface area contributed by atoms with E-state index in [1.54, 1.807) is 36.4 Å². The maximum Gasteiger partial charge on any atom is 0.266 e. The van der Waals surface area contributed by atoms with Crippen molar-refractivity contribution >= 4 is 73.9 Å². The van der Waals surface area contributed by atoms with E-state index < -0.39 is 0 Å². The highest BCUT2D eigenvalue weighted by Gasteiger charge is 2.14. The van der Waals surface area contributed by atoms with Crippen molar-refractivity contribution in [3.8, 4) is 5.69 Å². The molecule has 0 saturated carbocycles. The Morgan fingerprint density at radius 2 is 1.85 bits per heavy atom. The number of para-hydroxylation sites is 1. The van der Waals surface area contributed by atoms with E-state index in [2.05, 4.69) is 31.4 Å². The van der Waals surface area contributed by atoms with Crippen molar-refractivity contribution < 1.29 is 4.79 Å². The number of carbonyl (C=O) groups is 1. The van der Waals surface area contributed by atoms with Gasteiger partial charge in [-0.25, -0.2) is 10.4 Å². The van der Waals surface area contributed by atoms with Crippen LogP contribution in [0.1, 0.15) is 5.56 Å². The zero-order valence-corrected chi connectivity index (χ0v) is 20.7. The third-order valence-electron chi connectivity index (χ3n) is 4.54. The first-order valence-electron chi connectivity index (χ1n) is 9.60. The number of amides is 1. The van der Waals surface area contributed by atoms with E-state index in [4.69, 9.17) is 23.2 Å². The summed E-state index contributed by atoms with van der Waals surface area (Å²) in [6, 6.07) is 19.5. The summed E-state index contributed by atoms with van der Waals surface area (Å²) in [7, 11) is 0. The zero-order chi connectivity index (χ0) is 23.4. The Morgan fingerprint density at radius 1 is 1.09 bits per heavy atom. The average molecular weight is 562 g/mol. The fourth-order valence-corrected chi connectivity index (χ4v) is 4.41. The van der Waals surface area contributed by atoms with Crippen LogP contribution in [0.15, 0.2) is 86.3 Å². The van der Waals surface area contributed by atoms with Gasteiger partial charge in [-0.15, -0.1) is 0 Å². The quantitative estimate of drug-likeness (QED) is 0.142. The molecule has 1 heterocycles. The number of carbonyl (C=O) groups excluding carboxylic acids is 1. The van der Waals surface area contributed by atoms with Gasteiger partial charge in [-0.05, 0) is 42.5 Å². The summed E-state index contributed by atoms with van der Waals surface area (Å²) < 4.78 is 2.39. The van der Waals surface area contributed by atoms with Crippen LogP contribution in [0.4, 0.5) is 0 Å². The minimum absolute atomic E-state index is 0.00191. The minimum Gasteiger partial charge on any atom is -0.272 e. The van der Waals surface area contributed by atoms with Gasteiger partial charge in [0.05, 0.1) is 38.6 Å². The van der Waals surface area contributed by atoms with Gasteiger partial charge in [-0.3, -0.25) is 14.2 Å². The van der Waals surface area contributed by atoms with E-state index in [0.29, 0.717) is 37.4 Å². The molecule has 4 rings (SSSR count). The molecule has 4 aromatic rings. The van der Waals surface area contributed by atoms with Gasteiger partial charge in [-0.2, -0.15) is 5.10 Å². The number of benzene rings is 3. The molecule has 0 radical (unpaired) electrons. The molecule has 0 spiro atoms. The molecule has 0 fully saturated rings. The van der Waals surface area contributed by atoms with Gasteiger partial charge >= 0.3 is 0 Å². The maximum absolute atomic E-state index is 13.2. The number of thioether (sulfide) groups is 1. The first-order valence-corrected chi connectivity index (χ1v) is 12.1. The van der Waals surface area contributed by atoms with Crippen molar-refractivity contribution in [1.82, 2.24) is 15.0 Å². The van der Waals surface area contributed by atoms with E-state index in [1.165, 1.54) is 10.8 Å². The topological polar surface area (TPSA) is 76.3 Å². The van der Waals surface area contributed by atoms with Crippen molar-refractivity contribution in [2.75, 3.05) is 5.75 Å². The van der Waals surface area contributed by atoms with Crippen molar-refractivity contribution in [2.24, 2.45) is 5.10 Å². The highest BCUT2D eigenvalue weighted by Crippen LogP contribution is 2.24. The van der Waals surface area contributed by atoms with Crippen molar-refractivity contribution in [2.45, 2.75) is 5.16 Å². The molecule has 0 aliphatic heterocycles. The SMILES string of the molecule is O=C(CSc1nc2ccccc2c(=O)n1-c1ccc(Br)cc1)N/N=C\c1cccc(Cl)c1Cl. The Balaban J connectivity index is 1.56. The number of halogens is 3. The molecular formula is C23H15BrCl2N4O2S. The molecule has 0 aliphatic rings. The Hall–Kier alpha value is -2.65. The van der Waals surface area contributed by atoms with Crippen LogP contribution in [0.25, 0.3) is 16.6 Å². The second-order valence-electron chi connectivity index (χ2n) is 6.75. The fourth-order valence-electron chi connectivity index (χ4n) is 2.98. The molecule has 0 unspecified atom stereocenters. The predicted molar refractivity (Wildman–Crippen MR) is 138 cm³/mol. The van der Waals surface area contributed by atoms with Crippen LogP contribution < -0.4 is 11.0 Å². The Bertz CT molecular complexity index is 1420. The van der Waals surface area contributed by atoms with E-state index in [0.717, 1.165) is 16.2 Å². The summed E-state index contributed by atoms with van der Waals surface area (Å²) in [5.41, 5.74) is 4.04. The summed E-state index contributed by atoms with van der Waals surface area (Å²) in [5, 5.41) is 5.59. The number of rotatable bonds is 6. The van der Waals surface area contributed by atoms with Crippen molar-refractivity contribution in [1.29, 1.82) is 0 Å². The van der Waals surface area contributed by atoms with Crippen LogP contribution >= 0.6 is 50.9 Å². The van der Waals surface area contributed by atoms with Gasteiger partial charge in [0.15, 0.2) is 5.16 Å². The number of hydrazone groups is 1. The normalized spacial score (nSPS) is 11.2. The lowest BCUT2D eigenvalue weighted by atomic mass is 10.2. The van der Waals surface area contributed by atoms with Gasteiger partial charge in [0.1, 0.15) is 0 Å². The van der Waals surface area contributed by atoms with E-state index >= 15 is 0 Å². The molecule has 166 valence electrons. The second kappa shape index (κ2) is 10.5. The fraction of sp³-hybridized carbons (Fsp3) is 0.0435. The molecule has 1 aromatic heterocycles. The lowest BCUT2D eigenvalue weighted by molar-refractivity contribution is -0.118.